The number of nitrogens with two attached hydrogens (primary N) is 1. The van der Waals surface area contributed by atoms with Crippen molar-refractivity contribution in [3.8, 4) is 0 Å². The molecule has 1 aromatic rings. The molecule has 5 heteroatoms. The lowest BCUT2D eigenvalue weighted by molar-refractivity contribution is 0.187. The van der Waals surface area contributed by atoms with Crippen LogP contribution in [0.3, 0.4) is 0 Å². The number of thiazole rings is 1. The summed E-state index contributed by atoms with van der Waals surface area (Å²) in [5, 5.41) is 1.20. The molecule has 2 fully saturated rings. The molecule has 0 amide bonds. The lowest BCUT2D eigenvalue weighted by Gasteiger charge is -2.37. The van der Waals surface area contributed by atoms with Gasteiger partial charge in [-0.2, -0.15) is 0 Å². The first kappa shape index (κ1) is 15.3. The first-order valence-electron chi connectivity index (χ1n) is 8.49. The van der Waals surface area contributed by atoms with Gasteiger partial charge in [-0.15, -0.1) is 11.3 Å². The molecule has 1 aliphatic heterocycles. The lowest BCUT2D eigenvalue weighted by atomic mass is 10.2. The molecule has 0 bridgehead atoms. The van der Waals surface area contributed by atoms with Crippen LogP contribution in [0.15, 0.2) is 0 Å². The second-order valence-corrected chi connectivity index (χ2v) is 7.34. The molecule has 4 nitrogen and oxygen atoms in total. The van der Waals surface area contributed by atoms with E-state index in [-0.39, 0.29) is 0 Å². The summed E-state index contributed by atoms with van der Waals surface area (Å²) in [6.07, 6.45) is 7.89. The maximum absolute atomic E-state index is 5.87. The van der Waals surface area contributed by atoms with E-state index in [0.29, 0.717) is 6.54 Å². The SMILES string of the molecule is CCCc1nc(N2CCN(C3CCCC3)CC2)sc1CN. The Morgan fingerprint density at radius 1 is 1.19 bits per heavy atom. The topological polar surface area (TPSA) is 45.4 Å². The maximum atomic E-state index is 5.87. The fourth-order valence-corrected chi connectivity index (χ4v) is 4.68. The van der Waals surface area contributed by atoms with Crippen molar-refractivity contribution in [2.45, 2.75) is 58.0 Å². The Kier molecular flexibility index (Phi) is 5.14. The van der Waals surface area contributed by atoms with E-state index in [4.69, 9.17) is 10.7 Å². The maximum Gasteiger partial charge on any atom is 0.185 e. The van der Waals surface area contributed by atoms with Gasteiger partial charge in [0.15, 0.2) is 5.13 Å². The summed E-state index contributed by atoms with van der Waals surface area (Å²) in [4.78, 5) is 11.3. The van der Waals surface area contributed by atoms with Crippen molar-refractivity contribution in [1.29, 1.82) is 0 Å². The normalized spacial score (nSPS) is 21.3. The standard InChI is InChI=1S/C16H28N4S/c1-2-5-14-15(12-17)21-16(18-14)20-10-8-19(9-11-20)13-6-3-4-7-13/h13H,2-12,17H2,1H3. The lowest BCUT2D eigenvalue weighted by Crippen LogP contribution is -2.49. The number of rotatable bonds is 5. The molecule has 0 spiro atoms. The van der Waals surface area contributed by atoms with Crippen molar-refractivity contribution in [2.75, 3.05) is 31.1 Å². The van der Waals surface area contributed by atoms with Crippen molar-refractivity contribution in [1.82, 2.24) is 9.88 Å². The quantitative estimate of drug-likeness (QED) is 0.908. The van der Waals surface area contributed by atoms with Gasteiger partial charge < -0.3 is 10.6 Å². The van der Waals surface area contributed by atoms with Gasteiger partial charge in [-0.25, -0.2) is 4.98 Å². The largest absolute Gasteiger partial charge is 0.346 e. The molecule has 3 rings (SSSR count). The molecule has 0 aromatic carbocycles. The second kappa shape index (κ2) is 7.07. The molecular formula is C16H28N4S. The summed E-state index contributed by atoms with van der Waals surface area (Å²) in [5.41, 5.74) is 7.11. The summed E-state index contributed by atoms with van der Waals surface area (Å²) >= 11 is 1.81. The first-order chi connectivity index (χ1) is 10.3. The van der Waals surface area contributed by atoms with Gasteiger partial charge in [-0.05, 0) is 19.3 Å². The van der Waals surface area contributed by atoms with Crippen molar-refractivity contribution in [2.24, 2.45) is 5.73 Å². The Labute approximate surface area is 132 Å². The second-order valence-electron chi connectivity index (χ2n) is 6.28. The van der Waals surface area contributed by atoms with Gasteiger partial charge in [0, 0.05) is 43.6 Å². The van der Waals surface area contributed by atoms with Gasteiger partial charge in [0.2, 0.25) is 0 Å². The molecule has 0 unspecified atom stereocenters. The number of hydrogen-bond donors (Lipinski definition) is 1. The highest BCUT2D eigenvalue weighted by atomic mass is 32.1. The summed E-state index contributed by atoms with van der Waals surface area (Å²) < 4.78 is 0. The van der Waals surface area contributed by atoms with Gasteiger partial charge in [0.05, 0.1) is 5.69 Å². The first-order valence-corrected chi connectivity index (χ1v) is 9.31. The number of piperazine rings is 1. The van der Waals surface area contributed by atoms with E-state index in [0.717, 1.165) is 32.0 Å². The minimum atomic E-state index is 0.634. The molecule has 118 valence electrons. The monoisotopic (exact) mass is 308 g/mol. The van der Waals surface area contributed by atoms with Gasteiger partial charge in [-0.3, -0.25) is 4.90 Å². The van der Waals surface area contributed by atoms with Gasteiger partial charge >= 0.3 is 0 Å². The zero-order valence-electron chi connectivity index (χ0n) is 13.2. The van der Waals surface area contributed by atoms with Crippen LogP contribution >= 0.6 is 11.3 Å². The third-order valence-corrected chi connectivity index (χ3v) is 6.05. The van der Waals surface area contributed by atoms with E-state index in [1.54, 1.807) is 0 Å². The van der Waals surface area contributed by atoms with Crippen LogP contribution in [-0.4, -0.2) is 42.1 Å². The number of hydrogen-bond acceptors (Lipinski definition) is 5. The van der Waals surface area contributed by atoms with E-state index in [2.05, 4.69) is 16.7 Å². The molecule has 2 N–H and O–H groups in total. The Bertz CT molecular complexity index is 445. The third-order valence-electron chi connectivity index (χ3n) is 4.87. The predicted octanol–water partition coefficient (Wildman–Crippen LogP) is 2.62. The number of aromatic nitrogens is 1. The van der Waals surface area contributed by atoms with E-state index < -0.39 is 0 Å². The van der Waals surface area contributed by atoms with E-state index in [1.807, 2.05) is 11.3 Å². The number of nitrogens with zero attached hydrogens (tertiary/aromatic N) is 3. The minimum Gasteiger partial charge on any atom is -0.346 e. The van der Waals surface area contributed by atoms with E-state index >= 15 is 0 Å². The zero-order chi connectivity index (χ0) is 14.7. The Hall–Kier alpha value is -0.650. The highest BCUT2D eigenvalue weighted by Crippen LogP contribution is 2.29. The van der Waals surface area contributed by atoms with Crippen molar-refractivity contribution >= 4 is 16.5 Å². The fourth-order valence-electron chi connectivity index (χ4n) is 3.64. The molecule has 0 radical (unpaired) electrons. The average molecular weight is 308 g/mol. The van der Waals surface area contributed by atoms with Gasteiger partial charge in [-0.1, -0.05) is 26.2 Å². The number of aryl methyl sites for hydroxylation is 1. The summed E-state index contributed by atoms with van der Waals surface area (Å²) in [5.74, 6) is 0. The van der Waals surface area contributed by atoms with Crippen LogP contribution < -0.4 is 10.6 Å². The van der Waals surface area contributed by atoms with Gasteiger partial charge in [0.1, 0.15) is 0 Å². The van der Waals surface area contributed by atoms with Crippen LogP contribution in [0.25, 0.3) is 0 Å². The van der Waals surface area contributed by atoms with E-state index in [1.165, 1.54) is 54.5 Å². The van der Waals surface area contributed by atoms with Crippen molar-refractivity contribution < 1.29 is 0 Å². The van der Waals surface area contributed by atoms with Crippen LogP contribution in [0.2, 0.25) is 0 Å². The molecule has 21 heavy (non-hydrogen) atoms. The molecule has 2 aliphatic rings. The Balaban J connectivity index is 1.60. The van der Waals surface area contributed by atoms with Crippen LogP contribution in [-0.2, 0) is 13.0 Å². The smallest absolute Gasteiger partial charge is 0.185 e. The van der Waals surface area contributed by atoms with Crippen molar-refractivity contribution in [3.05, 3.63) is 10.6 Å². The summed E-state index contributed by atoms with van der Waals surface area (Å²) in [6, 6.07) is 0.860. The zero-order valence-corrected chi connectivity index (χ0v) is 14.0. The highest BCUT2D eigenvalue weighted by Gasteiger charge is 2.27. The van der Waals surface area contributed by atoms with Crippen LogP contribution in [0.1, 0.15) is 49.6 Å². The summed E-state index contributed by atoms with van der Waals surface area (Å²) in [6.45, 7) is 7.49. The highest BCUT2D eigenvalue weighted by molar-refractivity contribution is 7.15. The molecule has 0 atom stereocenters. The molecule has 1 saturated heterocycles. The summed E-state index contributed by atoms with van der Waals surface area (Å²) in [7, 11) is 0. The molecule has 1 saturated carbocycles. The fraction of sp³-hybridized carbons (Fsp3) is 0.812. The minimum absolute atomic E-state index is 0.634. The van der Waals surface area contributed by atoms with Gasteiger partial charge in [0.25, 0.3) is 0 Å². The third kappa shape index (κ3) is 3.41. The van der Waals surface area contributed by atoms with E-state index in [9.17, 15) is 0 Å². The molecule has 1 aromatic heterocycles. The number of anilines is 1. The Morgan fingerprint density at radius 2 is 1.90 bits per heavy atom. The molecule has 2 heterocycles. The Morgan fingerprint density at radius 3 is 2.52 bits per heavy atom. The molecule has 1 aliphatic carbocycles. The van der Waals surface area contributed by atoms with Crippen LogP contribution in [0.4, 0.5) is 5.13 Å². The predicted molar refractivity (Wildman–Crippen MR) is 90.0 cm³/mol. The van der Waals surface area contributed by atoms with Crippen LogP contribution in [0, 0.1) is 0 Å². The molecular weight excluding hydrogens is 280 g/mol. The van der Waals surface area contributed by atoms with Crippen molar-refractivity contribution in [3.63, 3.8) is 0 Å². The average Bonchev–Trinajstić information content (AvgIpc) is 3.17. The van der Waals surface area contributed by atoms with Crippen LogP contribution in [0.5, 0.6) is 0 Å².